The highest BCUT2D eigenvalue weighted by Crippen LogP contribution is 2.50. The molecule has 212 valence electrons. The Kier molecular flexibility index (Phi) is 8.05. The van der Waals surface area contributed by atoms with Gasteiger partial charge in [0, 0.05) is 29.0 Å². The minimum Gasteiger partial charge on any atom is -0.493 e. The molecular weight excluding hydrogens is 510 g/mol. The molecule has 40 heavy (non-hydrogen) atoms. The number of methoxy groups -OCH3 is 4. The molecule has 0 radical (unpaired) electrons. The van der Waals surface area contributed by atoms with Crippen LogP contribution < -0.4 is 24.3 Å². The Morgan fingerprint density at radius 1 is 0.875 bits per heavy atom. The van der Waals surface area contributed by atoms with Crippen LogP contribution in [0.1, 0.15) is 68.4 Å². The van der Waals surface area contributed by atoms with Gasteiger partial charge in [0.15, 0.2) is 28.8 Å². The number of allylic oxidation sites excluding steroid dienone is 3. The molecule has 8 nitrogen and oxygen atoms in total. The van der Waals surface area contributed by atoms with Gasteiger partial charge in [-0.25, -0.2) is 4.79 Å². The van der Waals surface area contributed by atoms with Gasteiger partial charge in [0.25, 0.3) is 0 Å². The lowest BCUT2D eigenvalue weighted by Gasteiger charge is -2.37. The van der Waals surface area contributed by atoms with E-state index in [9.17, 15) is 9.59 Å². The quantitative estimate of drug-likeness (QED) is 0.429. The predicted octanol–water partition coefficient (Wildman–Crippen LogP) is 5.57. The van der Waals surface area contributed by atoms with Crippen LogP contribution in [0.5, 0.6) is 23.0 Å². The number of benzene rings is 2. The summed E-state index contributed by atoms with van der Waals surface area (Å²) in [6, 6.07) is 11.3. The number of nitrogens with one attached hydrogen (secondary N) is 1. The topological polar surface area (TPSA) is 92.3 Å². The van der Waals surface area contributed by atoms with Crippen molar-refractivity contribution in [3.8, 4) is 23.0 Å². The molecule has 3 aliphatic rings. The Morgan fingerprint density at radius 2 is 1.60 bits per heavy atom. The molecule has 2 aromatic rings. The van der Waals surface area contributed by atoms with Crippen molar-refractivity contribution in [2.75, 3.05) is 28.4 Å². The first-order valence-corrected chi connectivity index (χ1v) is 13.8. The standard InChI is InChI=1S/C32H37NO7/c1-18-28(32(35)40-21-9-6-7-10-21)29(22-11-8-12-26(37-3)31(22)39-5)30-23(33-18)15-20(16-24(30)34)19-13-14-25(36-2)27(17-19)38-4/h8,11-14,17,20-21,29,33H,6-7,9-10,15-16H2,1-5H3/t20-,29+/m0/s1. The number of rotatable bonds is 8. The molecule has 2 aliphatic carbocycles. The molecule has 0 amide bonds. The van der Waals surface area contributed by atoms with Crippen LogP contribution in [-0.2, 0) is 14.3 Å². The molecule has 0 bridgehead atoms. The first-order chi connectivity index (χ1) is 19.4. The smallest absolute Gasteiger partial charge is 0.337 e. The Bertz CT molecular complexity index is 1370. The minimum absolute atomic E-state index is 0.0259. The molecule has 0 saturated heterocycles. The van der Waals surface area contributed by atoms with E-state index in [2.05, 4.69) is 5.32 Å². The molecule has 0 unspecified atom stereocenters. The lowest BCUT2D eigenvalue weighted by molar-refractivity contribution is -0.144. The average molecular weight is 548 g/mol. The van der Waals surface area contributed by atoms with Gasteiger partial charge in [0.1, 0.15) is 6.10 Å². The summed E-state index contributed by atoms with van der Waals surface area (Å²) in [6.45, 7) is 1.87. The second-order valence-electron chi connectivity index (χ2n) is 10.5. The van der Waals surface area contributed by atoms with E-state index < -0.39 is 11.9 Å². The summed E-state index contributed by atoms with van der Waals surface area (Å²) in [7, 11) is 6.34. The van der Waals surface area contributed by atoms with Gasteiger partial charge in [0.05, 0.1) is 39.9 Å². The predicted molar refractivity (Wildman–Crippen MR) is 150 cm³/mol. The number of carbonyl (C=O) groups is 2. The van der Waals surface area contributed by atoms with Crippen molar-refractivity contribution in [1.82, 2.24) is 5.32 Å². The Labute approximate surface area is 235 Å². The van der Waals surface area contributed by atoms with Crippen molar-refractivity contribution in [1.29, 1.82) is 0 Å². The average Bonchev–Trinajstić information content (AvgIpc) is 3.48. The number of para-hydroxylation sites is 1. The third kappa shape index (κ3) is 5.03. The third-order valence-corrected chi connectivity index (χ3v) is 8.25. The number of hydrogen-bond acceptors (Lipinski definition) is 8. The van der Waals surface area contributed by atoms with Crippen molar-refractivity contribution < 1.29 is 33.3 Å². The number of carbonyl (C=O) groups excluding carboxylic acids is 2. The maximum atomic E-state index is 14.0. The second-order valence-corrected chi connectivity index (χ2v) is 10.5. The second kappa shape index (κ2) is 11.7. The molecule has 1 aliphatic heterocycles. The fourth-order valence-electron chi connectivity index (χ4n) is 6.32. The number of ketones is 1. The fourth-order valence-corrected chi connectivity index (χ4v) is 6.32. The van der Waals surface area contributed by atoms with Gasteiger partial charge in [-0.1, -0.05) is 18.2 Å². The zero-order valence-corrected chi connectivity index (χ0v) is 23.8. The summed E-state index contributed by atoms with van der Waals surface area (Å²) in [4.78, 5) is 27.8. The zero-order chi connectivity index (χ0) is 28.4. The van der Waals surface area contributed by atoms with E-state index in [1.165, 1.54) is 0 Å². The van der Waals surface area contributed by atoms with E-state index in [1.807, 2.05) is 43.3 Å². The largest absolute Gasteiger partial charge is 0.493 e. The molecule has 1 N–H and O–H groups in total. The first kappa shape index (κ1) is 27.6. The fraction of sp³-hybridized carbons (Fsp3) is 0.438. The highest BCUT2D eigenvalue weighted by Gasteiger charge is 2.43. The molecule has 1 fully saturated rings. The lowest BCUT2D eigenvalue weighted by atomic mass is 9.71. The van der Waals surface area contributed by atoms with E-state index in [4.69, 9.17) is 23.7 Å². The number of esters is 1. The van der Waals surface area contributed by atoms with E-state index in [0.29, 0.717) is 58.2 Å². The van der Waals surface area contributed by atoms with Crippen LogP contribution in [0.15, 0.2) is 58.9 Å². The van der Waals surface area contributed by atoms with Crippen molar-refractivity contribution in [2.24, 2.45) is 0 Å². The molecule has 2 aromatic carbocycles. The van der Waals surface area contributed by atoms with E-state index in [1.54, 1.807) is 28.4 Å². The molecule has 5 rings (SSSR count). The van der Waals surface area contributed by atoms with Gasteiger partial charge in [-0.15, -0.1) is 0 Å². The van der Waals surface area contributed by atoms with Crippen LogP contribution in [-0.4, -0.2) is 46.3 Å². The Hall–Kier alpha value is -3.94. The van der Waals surface area contributed by atoms with E-state index in [0.717, 1.165) is 36.9 Å². The third-order valence-electron chi connectivity index (χ3n) is 8.25. The summed E-state index contributed by atoms with van der Waals surface area (Å²) in [5.74, 6) is 1.16. The molecule has 0 aromatic heterocycles. The SMILES string of the molecule is COc1ccc([C@@H]2CC(=O)C3=C(C2)NC(C)=C(C(=O)OC2CCCC2)[C@H]3c2cccc(OC)c2OC)cc1OC. The number of dihydropyridines is 1. The van der Waals surface area contributed by atoms with Gasteiger partial charge in [-0.2, -0.15) is 0 Å². The summed E-state index contributed by atoms with van der Waals surface area (Å²) in [6.07, 6.45) is 4.61. The van der Waals surface area contributed by atoms with Crippen LogP contribution >= 0.6 is 0 Å². The monoisotopic (exact) mass is 547 g/mol. The van der Waals surface area contributed by atoms with Crippen LogP contribution in [0.4, 0.5) is 0 Å². The summed E-state index contributed by atoms with van der Waals surface area (Å²) >= 11 is 0. The number of hydrogen-bond donors (Lipinski definition) is 1. The molecule has 8 heteroatoms. The Balaban J connectivity index is 1.59. The Morgan fingerprint density at radius 3 is 2.27 bits per heavy atom. The highest BCUT2D eigenvalue weighted by atomic mass is 16.5. The van der Waals surface area contributed by atoms with Crippen molar-refractivity contribution >= 4 is 11.8 Å². The normalized spacial score (nSPS) is 21.1. The highest BCUT2D eigenvalue weighted by molar-refractivity contribution is 6.04. The maximum absolute atomic E-state index is 14.0. The number of ether oxygens (including phenoxy) is 5. The summed E-state index contributed by atoms with van der Waals surface area (Å²) in [5.41, 5.74) is 4.19. The molecule has 0 spiro atoms. The van der Waals surface area contributed by atoms with Crippen LogP contribution in [0.3, 0.4) is 0 Å². The number of Topliss-reactive ketones (excluding diaryl/α,β-unsaturated/α-hetero) is 1. The minimum atomic E-state index is -0.644. The molecule has 1 heterocycles. The molecule has 2 atom stereocenters. The summed E-state index contributed by atoms with van der Waals surface area (Å²) < 4.78 is 28.3. The van der Waals surface area contributed by atoms with Crippen molar-refractivity contribution in [3.63, 3.8) is 0 Å². The van der Waals surface area contributed by atoms with Gasteiger partial charge in [-0.05, 0) is 68.7 Å². The zero-order valence-electron chi connectivity index (χ0n) is 23.8. The van der Waals surface area contributed by atoms with Gasteiger partial charge in [0.2, 0.25) is 0 Å². The van der Waals surface area contributed by atoms with Crippen LogP contribution in [0.25, 0.3) is 0 Å². The van der Waals surface area contributed by atoms with Gasteiger partial charge < -0.3 is 29.0 Å². The lowest BCUT2D eigenvalue weighted by Crippen LogP contribution is -2.36. The van der Waals surface area contributed by atoms with Gasteiger partial charge in [-0.3, -0.25) is 4.79 Å². The van der Waals surface area contributed by atoms with Crippen molar-refractivity contribution in [2.45, 2.75) is 63.4 Å². The molecule has 1 saturated carbocycles. The first-order valence-electron chi connectivity index (χ1n) is 13.8. The molecular formula is C32H37NO7. The van der Waals surface area contributed by atoms with Crippen LogP contribution in [0, 0.1) is 0 Å². The van der Waals surface area contributed by atoms with Crippen molar-refractivity contribution in [3.05, 3.63) is 70.1 Å². The maximum Gasteiger partial charge on any atom is 0.337 e. The summed E-state index contributed by atoms with van der Waals surface area (Å²) in [5, 5.41) is 3.43. The van der Waals surface area contributed by atoms with Gasteiger partial charge >= 0.3 is 5.97 Å². The van der Waals surface area contributed by atoms with E-state index in [-0.39, 0.29) is 17.8 Å². The van der Waals surface area contributed by atoms with E-state index >= 15 is 0 Å². The van der Waals surface area contributed by atoms with Crippen LogP contribution in [0.2, 0.25) is 0 Å².